The Morgan fingerprint density at radius 2 is 2.06 bits per heavy atom. The normalized spacial score (nSPS) is 18.1. The Labute approximate surface area is 206 Å². The smallest absolute Gasteiger partial charge is 0.303 e. The molecular formula is C28H32N4O3. The molecule has 1 fully saturated rings. The average Bonchev–Trinajstić information content (AvgIpc) is 2.88. The number of pyridine rings is 1. The number of methoxy groups -OCH3 is 1. The van der Waals surface area contributed by atoms with Crippen molar-refractivity contribution in [3.63, 3.8) is 0 Å². The van der Waals surface area contributed by atoms with Gasteiger partial charge in [-0.05, 0) is 80.3 Å². The number of fused-ring (bicyclic) bond motifs is 1. The molecule has 2 aromatic heterocycles. The molecular weight excluding hydrogens is 440 g/mol. The second-order valence-corrected chi connectivity index (χ2v) is 9.15. The van der Waals surface area contributed by atoms with Crippen molar-refractivity contribution >= 4 is 16.9 Å². The monoisotopic (exact) mass is 472 g/mol. The van der Waals surface area contributed by atoms with E-state index >= 15 is 0 Å². The number of aryl methyl sites for hydroxylation is 1. The van der Waals surface area contributed by atoms with E-state index in [4.69, 9.17) is 4.74 Å². The third-order valence-corrected chi connectivity index (χ3v) is 6.86. The molecule has 1 aliphatic heterocycles. The highest BCUT2D eigenvalue weighted by atomic mass is 16.5. The summed E-state index contributed by atoms with van der Waals surface area (Å²) in [6, 6.07) is 8.11. The number of nitrogens with zero attached hydrogens (tertiary/aromatic N) is 4. The summed E-state index contributed by atoms with van der Waals surface area (Å²) in [5, 5.41) is 10.4. The van der Waals surface area contributed by atoms with Gasteiger partial charge in [0.15, 0.2) is 0 Å². The van der Waals surface area contributed by atoms with Crippen molar-refractivity contribution in [3.05, 3.63) is 60.3 Å². The van der Waals surface area contributed by atoms with E-state index in [9.17, 15) is 9.90 Å². The Morgan fingerprint density at radius 1 is 1.20 bits per heavy atom. The van der Waals surface area contributed by atoms with Gasteiger partial charge in [0.25, 0.3) is 0 Å². The number of aliphatic carboxylic acids is 1. The van der Waals surface area contributed by atoms with Crippen molar-refractivity contribution in [2.45, 2.75) is 38.5 Å². The lowest BCUT2D eigenvalue weighted by molar-refractivity contribution is -0.137. The number of piperidine rings is 1. The van der Waals surface area contributed by atoms with Crippen molar-refractivity contribution in [2.75, 3.05) is 26.7 Å². The summed E-state index contributed by atoms with van der Waals surface area (Å²) in [5.41, 5.74) is 3.08. The molecule has 7 heteroatoms. The van der Waals surface area contributed by atoms with Crippen LogP contribution in [0.5, 0.6) is 5.75 Å². The third kappa shape index (κ3) is 7.00. The molecule has 7 nitrogen and oxygen atoms in total. The Morgan fingerprint density at radius 3 is 2.86 bits per heavy atom. The van der Waals surface area contributed by atoms with Crippen LogP contribution in [0.4, 0.5) is 0 Å². The van der Waals surface area contributed by atoms with E-state index in [1.54, 1.807) is 19.5 Å². The predicted molar refractivity (Wildman–Crippen MR) is 135 cm³/mol. The molecule has 3 aromatic rings. The summed E-state index contributed by atoms with van der Waals surface area (Å²) < 4.78 is 5.40. The van der Waals surface area contributed by atoms with Crippen LogP contribution in [0.15, 0.2) is 49.2 Å². The number of hydrogen-bond acceptors (Lipinski definition) is 6. The van der Waals surface area contributed by atoms with Gasteiger partial charge in [-0.25, -0.2) is 9.97 Å². The number of carboxylic acid groups (broad SMARTS) is 1. The predicted octanol–water partition coefficient (Wildman–Crippen LogP) is 4.21. The SMILES string of the molecule is COc1ccc2nccc(CCC[C@@H]3CCN(CC#Cc4cncnc4)C[C@@H]3CCC(=O)O)c2c1. The van der Waals surface area contributed by atoms with Gasteiger partial charge in [-0.2, -0.15) is 0 Å². The topological polar surface area (TPSA) is 88.4 Å². The van der Waals surface area contributed by atoms with Crippen LogP contribution in [-0.2, 0) is 11.2 Å². The van der Waals surface area contributed by atoms with Gasteiger partial charge < -0.3 is 9.84 Å². The van der Waals surface area contributed by atoms with Crippen LogP contribution in [0.2, 0.25) is 0 Å². The largest absolute Gasteiger partial charge is 0.497 e. The summed E-state index contributed by atoms with van der Waals surface area (Å²) in [4.78, 5) is 26.1. The standard InChI is InChI=1S/C28H32N4O3/c1-35-25-8-9-27-26(16-25)23(11-13-31-27)6-2-5-22-12-15-32(19-24(22)7-10-28(33)34)14-3-4-21-17-29-20-30-18-21/h8-9,11,13,16-18,20,22,24H,2,5-7,10,12,14-15,19H2,1H3,(H,33,34)/t22-,24+/m1/s1. The molecule has 1 saturated heterocycles. The fourth-order valence-corrected chi connectivity index (χ4v) is 5.01. The van der Waals surface area contributed by atoms with E-state index in [0.717, 1.165) is 61.0 Å². The van der Waals surface area contributed by atoms with Gasteiger partial charge in [-0.3, -0.25) is 14.7 Å². The molecule has 0 spiro atoms. The van der Waals surface area contributed by atoms with E-state index in [1.807, 2.05) is 18.3 Å². The minimum absolute atomic E-state index is 0.219. The van der Waals surface area contributed by atoms with E-state index in [1.165, 1.54) is 11.9 Å². The number of ether oxygens (including phenoxy) is 1. The molecule has 0 bridgehead atoms. The van der Waals surface area contributed by atoms with Gasteiger partial charge in [0.05, 0.1) is 24.7 Å². The second kappa shape index (κ2) is 12.3. The number of carbonyl (C=O) groups is 1. The summed E-state index contributed by atoms with van der Waals surface area (Å²) >= 11 is 0. The van der Waals surface area contributed by atoms with Crippen LogP contribution < -0.4 is 4.74 Å². The molecule has 0 aliphatic carbocycles. The van der Waals surface area contributed by atoms with Gasteiger partial charge >= 0.3 is 5.97 Å². The first-order valence-electron chi connectivity index (χ1n) is 12.2. The lowest BCUT2D eigenvalue weighted by Gasteiger charge is -2.38. The first kappa shape index (κ1) is 24.6. The third-order valence-electron chi connectivity index (χ3n) is 6.86. The highest BCUT2D eigenvalue weighted by Gasteiger charge is 2.28. The van der Waals surface area contributed by atoms with Crippen LogP contribution in [0.1, 0.15) is 43.2 Å². The highest BCUT2D eigenvalue weighted by molar-refractivity contribution is 5.83. The molecule has 1 aromatic carbocycles. The van der Waals surface area contributed by atoms with Gasteiger partial charge in [0, 0.05) is 36.9 Å². The van der Waals surface area contributed by atoms with E-state index < -0.39 is 5.97 Å². The molecule has 3 heterocycles. The number of carboxylic acids is 1. The molecule has 0 saturated carbocycles. The lowest BCUT2D eigenvalue weighted by Crippen LogP contribution is -2.41. The van der Waals surface area contributed by atoms with Crippen molar-refractivity contribution in [1.29, 1.82) is 0 Å². The molecule has 1 aliphatic rings. The zero-order chi connectivity index (χ0) is 24.5. The number of rotatable bonds is 9. The maximum Gasteiger partial charge on any atom is 0.303 e. The Bertz CT molecular complexity index is 1190. The van der Waals surface area contributed by atoms with Gasteiger partial charge in [-0.1, -0.05) is 11.8 Å². The van der Waals surface area contributed by atoms with Crippen LogP contribution in [0, 0.1) is 23.7 Å². The fourth-order valence-electron chi connectivity index (χ4n) is 5.01. The van der Waals surface area contributed by atoms with Crippen LogP contribution >= 0.6 is 0 Å². The summed E-state index contributed by atoms with van der Waals surface area (Å²) in [7, 11) is 1.68. The number of hydrogen-bond donors (Lipinski definition) is 1. The Balaban J connectivity index is 1.35. The quantitative estimate of drug-likeness (QED) is 0.467. The Kier molecular flexibility index (Phi) is 8.63. The van der Waals surface area contributed by atoms with Gasteiger partial charge in [0.1, 0.15) is 12.1 Å². The summed E-state index contributed by atoms with van der Waals surface area (Å²) in [6.07, 6.45) is 11.9. The second-order valence-electron chi connectivity index (χ2n) is 9.15. The minimum Gasteiger partial charge on any atom is -0.497 e. The van der Waals surface area contributed by atoms with Crippen LogP contribution in [0.3, 0.4) is 0 Å². The van der Waals surface area contributed by atoms with Crippen molar-refractivity contribution < 1.29 is 14.6 Å². The average molecular weight is 473 g/mol. The Hall–Kier alpha value is -3.50. The van der Waals surface area contributed by atoms with Crippen LogP contribution in [-0.4, -0.2) is 57.7 Å². The minimum atomic E-state index is -0.720. The lowest BCUT2D eigenvalue weighted by atomic mass is 9.79. The van der Waals surface area contributed by atoms with Crippen molar-refractivity contribution in [1.82, 2.24) is 19.9 Å². The number of benzene rings is 1. The molecule has 2 atom stereocenters. The first-order valence-corrected chi connectivity index (χ1v) is 12.2. The van der Waals surface area contributed by atoms with Gasteiger partial charge in [0.2, 0.25) is 0 Å². The molecule has 0 unspecified atom stereocenters. The summed E-state index contributed by atoms with van der Waals surface area (Å²) in [6.45, 7) is 2.56. The zero-order valence-corrected chi connectivity index (χ0v) is 20.2. The maximum atomic E-state index is 11.3. The van der Waals surface area contributed by atoms with Gasteiger partial charge in [-0.15, -0.1) is 0 Å². The molecule has 0 radical (unpaired) electrons. The van der Waals surface area contributed by atoms with Crippen molar-refractivity contribution in [3.8, 4) is 17.6 Å². The molecule has 0 amide bonds. The molecule has 35 heavy (non-hydrogen) atoms. The van der Waals surface area contributed by atoms with Crippen molar-refractivity contribution in [2.24, 2.45) is 11.8 Å². The van der Waals surface area contributed by atoms with E-state index in [0.29, 0.717) is 24.8 Å². The van der Waals surface area contributed by atoms with Crippen LogP contribution in [0.25, 0.3) is 10.9 Å². The van der Waals surface area contributed by atoms with E-state index in [2.05, 4.69) is 43.8 Å². The fraction of sp³-hybridized carbons (Fsp3) is 0.429. The molecule has 182 valence electrons. The highest BCUT2D eigenvalue weighted by Crippen LogP contribution is 2.32. The first-order chi connectivity index (χ1) is 17.1. The maximum absolute atomic E-state index is 11.3. The summed E-state index contributed by atoms with van der Waals surface area (Å²) in [5.74, 6) is 7.37. The van der Waals surface area contributed by atoms with E-state index in [-0.39, 0.29) is 6.42 Å². The molecule has 1 N–H and O–H groups in total. The number of likely N-dealkylation sites (tertiary alicyclic amines) is 1. The number of aromatic nitrogens is 3. The zero-order valence-electron chi connectivity index (χ0n) is 20.2. The molecule has 4 rings (SSSR count).